The van der Waals surface area contributed by atoms with Gasteiger partial charge in [0.15, 0.2) is 0 Å². The van der Waals surface area contributed by atoms with Gasteiger partial charge in [0, 0.05) is 12.1 Å². The zero-order valence-corrected chi connectivity index (χ0v) is 13.8. The van der Waals surface area contributed by atoms with Gasteiger partial charge in [0.25, 0.3) is 0 Å². The molecule has 0 heterocycles. The van der Waals surface area contributed by atoms with Crippen molar-refractivity contribution in [2.75, 3.05) is 6.54 Å². The largest absolute Gasteiger partial charge is 0.366 e. The molecule has 0 fully saturated rings. The van der Waals surface area contributed by atoms with Crippen molar-refractivity contribution in [3.8, 4) is 0 Å². The van der Waals surface area contributed by atoms with E-state index < -0.39 is 15.9 Å². The molecular weight excluding hydrogens is 288 g/mol. The minimum atomic E-state index is -3.57. The number of sulfonamides is 1. The van der Waals surface area contributed by atoms with Gasteiger partial charge < -0.3 is 5.73 Å². The molecule has 0 unspecified atom stereocenters. The summed E-state index contributed by atoms with van der Waals surface area (Å²) in [5.74, 6) is 0.478. The molecular formula is C15H24N2O3S. The highest BCUT2D eigenvalue weighted by Gasteiger charge is 2.21. The van der Waals surface area contributed by atoms with Crippen molar-refractivity contribution in [2.45, 2.75) is 32.6 Å². The van der Waals surface area contributed by atoms with Crippen LogP contribution in [0, 0.1) is 17.8 Å². The van der Waals surface area contributed by atoms with Gasteiger partial charge >= 0.3 is 0 Å². The third-order valence-corrected chi connectivity index (χ3v) is 5.11. The van der Waals surface area contributed by atoms with Crippen LogP contribution in [-0.2, 0) is 10.0 Å². The first kappa shape index (κ1) is 17.7. The lowest BCUT2D eigenvalue weighted by atomic mass is 9.86. The molecule has 0 bridgehead atoms. The molecule has 0 aliphatic heterocycles. The molecule has 0 atom stereocenters. The zero-order valence-electron chi connectivity index (χ0n) is 13.0. The second-order valence-electron chi connectivity index (χ2n) is 5.89. The third kappa shape index (κ3) is 4.82. The number of nitrogens with two attached hydrogens (primary N) is 1. The normalized spacial score (nSPS) is 12.3. The Kier molecular flexibility index (Phi) is 5.92. The number of primary amides is 1. The Balaban J connectivity index is 2.84. The highest BCUT2D eigenvalue weighted by molar-refractivity contribution is 7.89. The number of hydrogen-bond donors (Lipinski definition) is 2. The van der Waals surface area contributed by atoms with Crippen LogP contribution in [0.15, 0.2) is 29.2 Å². The van der Waals surface area contributed by atoms with E-state index in [1.54, 1.807) is 0 Å². The summed E-state index contributed by atoms with van der Waals surface area (Å²) in [6.45, 7) is 8.73. The van der Waals surface area contributed by atoms with Crippen LogP contribution < -0.4 is 10.5 Å². The zero-order chi connectivity index (χ0) is 16.2. The molecule has 3 N–H and O–H groups in total. The van der Waals surface area contributed by atoms with Crippen LogP contribution in [0.5, 0.6) is 0 Å². The van der Waals surface area contributed by atoms with Gasteiger partial charge in [0.05, 0.1) is 4.90 Å². The molecule has 1 rings (SSSR count). The molecule has 118 valence electrons. The minimum Gasteiger partial charge on any atom is -0.366 e. The van der Waals surface area contributed by atoms with Crippen LogP contribution in [0.25, 0.3) is 0 Å². The van der Waals surface area contributed by atoms with Crippen molar-refractivity contribution in [2.24, 2.45) is 23.5 Å². The highest BCUT2D eigenvalue weighted by atomic mass is 32.2. The van der Waals surface area contributed by atoms with E-state index in [1.807, 2.05) is 0 Å². The van der Waals surface area contributed by atoms with Crippen molar-refractivity contribution in [3.63, 3.8) is 0 Å². The van der Waals surface area contributed by atoms with E-state index in [0.717, 1.165) is 0 Å². The Morgan fingerprint density at radius 3 is 1.95 bits per heavy atom. The van der Waals surface area contributed by atoms with E-state index in [2.05, 4.69) is 32.4 Å². The van der Waals surface area contributed by atoms with Crippen LogP contribution in [0.2, 0.25) is 0 Å². The molecule has 21 heavy (non-hydrogen) atoms. The summed E-state index contributed by atoms with van der Waals surface area (Å²) >= 11 is 0. The van der Waals surface area contributed by atoms with Crippen molar-refractivity contribution in [1.82, 2.24) is 4.72 Å². The second kappa shape index (κ2) is 7.04. The highest BCUT2D eigenvalue weighted by Crippen LogP contribution is 2.20. The van der Waals surface area contributed by atoms with Crippen LogP contribution in [-0.4, -0.2) is 20.9 Å². The Morgan fingerprint density at radius 1 is 1.10 bits per heavy atom. The maximum Gasteiger partial charge on any atom is 0.248 e. The smallest absolute Gasteiger partial charge is 0.248 e. The molecule has 0 aliphatic rings. The van der Waals surface area contributed by atoms with E-state index in [9.17, 15) is 13.2 Å². The van der Waals surface area contributed by atoms with Crippen molar-refractivity contribution >= 4 is 15.9 Å². The summed E-state index contributed by atoms with van der Waals surface area (Å²) in [6.07, 6.45) is 0. The molecule has 0 aromatic heterocycles. The molecule has 6 heteroatoms. The van der Waals surface area contributed by atoms with Gasteiger partial charge in [-0.1, -0.05) is 27.7 Å². The van der Waals surface area contributed by atoms with Gasteiger partial charge in [-0.15, -0.1) is 0 Å². The SMILES string of the molecule is CC(C)C(CNS(=O)(=O)c1ccc(C(N)=O)cc1)C(C)C. The standard InChI is InChI=1S/C15H24N2O3S/c1-10(2)14(11(3)4)9-17-21(19,20)13-7-5-12(6-8-13)15(16)18/h5-8,10-11,14,17H,9H2,1-4H3,(H2,16,18). The number of nitrogens with one attached hydrogen (secondary N) is 1. The fourth-order valence-electron chi connectivity index (χ4n) is 2.33. The molecule has 1 aromatic rings. The lowest BCUT2D eigenvalue weighted by Crippen LogP contribution is -2.34. The van der Waals surface area contributed by atoms with Gasteiger partial charge in [-0.25, -0.2) is 13.1 Å². The summed E-state index contributed by atoms with van der Waals surface area (Å²) in [7, 11) is -3.57. The molecule has 5 nitrogen and oxygen atoms in total. The van der Waals surface area contributed by atoms with Crippen LogP contribution in [0.4, 0.5) is 0 Å². The molecule has 0 saturated carbocycles. The van der Waals surface area contributed by atoms with Crippen LogP contribution in [0.3, 0.4) is 0 Å². The lowest BCUT2D eigenvalue weighted by molar-refractivity contribution is 0.1000. The number of carbonyl (C=O) groups excluding carboxylic acids is 1. The summed E-state index contributed by atoms with van der Waals surface area (Å²) < 4.78 is 27.1. The average molecular weight is 312 g/mol. The number of benzene rings is 1. The maximum absolute atomic E-state index is 12.2. The summed E-state index contributed by atoms with van der Waals surface area (Å²) in [5, 5.41) is 0. The summed E-state index contributed by atoms with van der Waals surface area (Å²) in [4.78, 5) is 11.1. The van der Waals surface area contributed by atoms with Gasteiger partial charge in [-0.05, 0) is 42.0 Å². The maximum atomic E-state index is 12.2. The lowest BCUT2D eigenvalue weighted by Gasteiger charge is -2.25. The second-order valence-corrected chi connectivity index (χ2v) is 7.66. The number of rotatable bonds is 7. The summed E-state index contributed by atoms with van der Waals surface area (Å²) in [5.41, 5.74) is 5.42. The average Bonchev–Trinajstić information content (AvgIpc) is 2.38. The van der Waals surface area contributed by atoms with Crippen molar-refractivity contribution < 1.29 is 13.2 Å². The molecule has 1 aromatic carbocycles. The molecule has 1 amide bonds. The number of hydrogen-bond acceptors (Lipinski definition) is 3. The Morgan fingerprint density at radius 2 is 1.57 bits per heavy atom. The predicted octanol–water partition coefficient (Wildman–Crippen LogP) is 1.99. The monoisotopic (exact) mass is 312 g/mol. The Bertz CT molecular complexity index is 569. The van der Waals surface area contributed by atoms with E-state index in [-0.39, 0.29) is 16.4 Å². The van der Waals surface area contributed by atoms with Gasteiger partial charge in [0.2, 0.25) is 15.9 Å². The molecule has 0 saturated heterocycles. The molecule has 0 aliphatic carbocycles. The van der Waals surface area contributed by atoms with E-state index in [4.69, 9.17) is 5.73 Å². The predicted molar refractivity (Wildman–Crippen MR) is 83.3 cm³/mol. The quantitative estimate of drug-likeness (QED) is 0.807. The Labute approximate surface area is 127 Å². The first-order valence-corrected chi connectivity index (χ1v) is 8.53. The summed E-state index contributed by atoms with van der Waals surface area (Å²) in [6, 6.07) is 5.61. The van der Waals surface area contributed by atoms with Gasteiger partial charge in [-0.2, -0.15) is 0 Å². The van der Waals surface area contributed by atoms with Crippen molar-refractivity contribution in [1.29, 1.82) is 0 Å². The van der Waals surface area contributed by atoms with Gasteiger partial charge in [0.1, 0.15) is 0 Å². The Hall–Kier alpha value is -1.40. The van der Waals surface area contributed by atoms with Crippen molar-refractivity contribution in [3.05, 3.63) is 29.8 Å². The number of carbonyl (C=O) groups is 1. The van der Waals surface area contributed by atoms with Gasteiger partial charge in [-0.3, -0.25) is 4.79 Å². The molecule has 0 radical (unpaired) electrons. The minimum absolute atomic E-state index is 0.138. The topological polar surface area (TPSA) is 89.3 Å². The van der Waals surface area contributed by atoms with E-state index in [0.29, 0.717) is 18.4 Å². The van der Waals surface area contributed by atoms with E-state index >= 15 is 0 Å². The van der Waals surface area contributed by atoms with Crippen LogP contribution >= 0.6 is 0 Å². The first-order chi connectivity index (χ1) is 9.65. The van der Waals surface area contributed by atoms with E-state index in [1.165, 1.54) is 24.3 Å². The number of amides is 1. The first-order valence-electron chi connectivity index (χ1n) is 7.04. The fraction of sp³-hybridized carbons (Fsp3) is 0.533. The molecule has 0 spiro atoms. The third-order valence-electron chi connectivity index (χ3n) is 3.67. The van der Waals surface area contributed by atoms with Crippen LogP contribution in [0.1, 0.15) is 38.1 Å². The fourth-order valence-corrected chi connectivity index (χ4v) is 3.40.